The highest BCUT2D eigenvalue weighted by atomic mass is 32.2. The smallest absolute Gasteiger partial charge is 0.297 e. The van der Waals surface area contributed by atoms with Crippen LogP contribution in [0.25, 0.3) is 32.3 Å². The fourth-order valence-corrected chi connectivity index (χ4v) is 12.4. The molecule has 0 radical (unpaired) electrons. The van der Waals surface area contributed by atoms with E-state index < -0.39 is 175 Å². The standard InChI is InChI=1S/C42H27N11O31S8/c43-36-26(48-46-24-11-19-15(5-27(24)85-81-77-61)8-34(92(74,75)76)39(41(19)55)51-44-22-3-1-17(52(57)58)9-28(22)86-82-78-62)14-31(89(65,66)67)21-13-30(88-84-80-64)38(42(56)35(21)36)50-47-25-12-20-16(7-32(25)90(68,69)70)6-29(87-83-79-63)37(40(20)54)49-45-23-4-2-18(53(59)60)10-33(23)91(71,72)73/h1-14,54-56,61-64H,43H2,(H,65,66,67)(H,68,69,70)(H,71,72,73)(H,74,75,76). The van der Waals surface area contributed by atoms with Gasteiger partial charge in [-0.1, -0.05) is 20.2 Å². The summed E-state index contributed by atoms with van der Waals surface area (Å²) in [5, 5.41) is 136. The lowest BCUT2D eigenvalue weighted by molar-refractivity contribution is -0.432. The van der Waals surface area contributed by atoms with Crippen molar-refractivity contribution in [1.82, 2.24) is 0 Å². The summed E-state index contributed by atoms with van der Waals surface area (Å²) >= 11 is 0.267. The second-order valence-electron chi connectivity index (χ2n) is 17.0. The molecule has 8 aromatic rings. The maximum atomic E-state index is 13.1. The molecule has 0 aromatic heterocycles. The quantitative estimate of drug-likeness (QED) is 0.00456. The minimum absolute atomic E-state index is 0.0540. The molecule has 484 valence electrons. The number of nitro benzene ring substituents is 2. The number of nitrogen functional groups attached to an aromatic ring is 1. The molecule has 0 aliphatic rings. The van der Waals surface area contributed by atoms with Crippen LogP contribution < -0.4 is 5.73 Å². The number of hydrogen-bond donors (Lipinski definition) is 12. The van der Waals surface area contributed by atoms with Gasteiger partial charge in [0.1, 0.15) is 65.1 Å². The first kappa shape index (κ1) is 69.4. The highest BCUT2D eigenvalue weighted by Crippen LogP contribution is 2.53. The molecule has 0 amide bonds. The van der Waals surface area contributed by atoms with Crippen LogP contribution in [0.3, 0.4) is 0 Å². The number of benzene rings is 8. The van der Waals surface area contributed by atoms with Crippen molar-refractivity contribution in [3.8, 4) is 17.2 Å². The number of rotatable bonds is 26. The zero-order valence-corrected chi connectivity index (χ0v) is 50.0. The van der Waals surface area contributed by atoms with Crippen molar-refractivity contribution in [2.24, 2.45) is 40.9 Å². The Morgan fingerprint density at radius 1 is 0.391 bits per heavy atom. The van der Waals surface area contributed by atoms with Crippen LogP contribution in [0.5, 0.6) is 17.2 Å². The summed E-state index contributed by atoms with van der Waals surface area (Å²) in [7, 11) is -21.6. The van der Waals surface area contributed by atoms with Gasteiger partial charge < -0.3 is 21.1 Å². The number of aromatic hydroxyl groups is 3. The maximum Gasteiger partial charge on any atom is 0.297 e. The fraction of sp³-hybridized carbons (Fsp3) is 0. The molecule has 0 saturated carbocycles. The Hall–Kier alpha value is -8.50. The number of anilines is 1. The number of phenols is 3. The molecule has 8 rings (SSSR count). The molecular formula is C42H27N11O31S8. The first-order valence-electron chi connectivity index (χ1n) is 22.8. The Kier molecular flexibility index (Phi) is 21.2. The summed E-state index contributed by atoms with van der Waals surface area (Å²) in [5.41, 5.74) is -1.66. The van der Waals surface area contributed by atoms with Gasteiger partial charge in [-0.2, -0.15) is 33.7 Å². The lowest BCUT2D eigenvalue weighted by atomic mass is 10.0. The summed E-state index contributed by atoms with van der Waals surface area (Å²) < 4.78 is 161. The number of hydrogen-bond acceptors (Lipinski definition) is 40. The van der Waals surface area contributed by atoms with Crippen molar-refractivity contribution in [3.63, 3.8) is 0 Å². The van der Waals surface area contributed by atoms with Crippen LogP contribution in [0, 0.1) is 20.2 Å². The molecule has 0 atom stereocenters. The monoisotopic (exact) mass is 1440 g/mol. The number of fused-ring (bicyclic) bond motifs is 3. The zero-order valence-electron chi connectivity index (χ0n) is 43.5. The van der Waals surface area contributed by atoms with Crippen molar-refractivity contribution in [2.45, 2.75) is 39.2 Å². The molecule has 50 heteroatoms. The maximum absolute atomic E-state index is 13.1. The number of nitrogens with two attached hydrogens (primary N) is 1. The molecular weight excluding hydrogens is 1410 g/mol. The Bertz CT molecular complexity index is 4970. The van der Waals surface area contributed by atoms with E-state index in [1.165, 1.54) is 0 Å². The molecule has 0 aliphatic carbocycles. The predicted octanol–water partition coefficient (Wildman–Crippen LogP) is 12.0. The van der Waals surface area contributed by atoms with E-state index in [0.29, 0.717) is 24.3 Å². The molecule has 13 N–H and O–H groups in total. The van der Waals surface area contributed by atoms with Gasteiger partial charge in [0.25, 0.3) is 51.8 Å². The highest BCUT2D eigenvalue weighted by Gasteiger charge is 2.29. The molecule has 0 saturated heterocycles. The molecule has 0 bridgehead atoms. The van der Waals surface area contributed by atoms with Crippen LogP contribution in [0.15, 0.2) is 165 Å². The SMILES string of the molecule is Nc1c(N=Nc2cc3c(O)c(N=Nc4ccc([N+](=O)[O-])cc4SOOO)c(S(=O)(=O)O)cc3cc2SOOO)cc(S(=O)(=O)O)c2cc(SOOO)c(N=Nc3cc4c(O)c(N=Nc5ccc([N+](=O)[O-])cc5S(=O)(=O)O)c(SOOO)cc4cc3S(=O)(=O)O)c(O)c12. The van der Waals surface area contributed by atoms with E-state index in [-0.39, 0.29) is 74.4 Å². The largest absolute Gasteiger partial charge is 0.505 e. The van der Waals surface area contributed by atoms with Crippen molar-refractivity contribution in [1.29, 1.82) is 0 Å². The van der Waals surface area contributed by atoms with Gasteiger partial charge >= 0.3 is 0 Å². The van der Waals surface area contributed by atoms with Gasteiger partial charge in [-0.3, -0.25) is 38.4 Å². The summed E-state index contributed by atoms with van der Waals surface area (Å²) in [6.07, 6.45) is 0. The number of non-ortho nitro benzene ring substituents is 2. The van der Waals surface area contributed by atoms with Crippen LogP contribution in [-0.2, 0) is 78.0 Å². The number of nitro groups is 2. The first-order chi connectivity index (χ1) is 43.3. The molecule has 42 nitrogen and oxygen atoms in total. The molecule has 92 heavy (non-hydrogen) atoms. The van der Waals surface area contributed by atoms with Crippen molar-refractivity contribution in [2.75, 3.05) is 5.73 Å². The van der Waals surface area contributed by atoms with Gasteiger partial charge in [-0.15, -0.1) is 58.2 Å². The van der Waals surface area contributed by atoms with E-state index in [2.05, 4.69) is 78.4 Å². The Balaban J connectivity index is 1.30. The van der Waals surface area contributed by atoms with E-state index in [9.17, 15) is 87.4 Å². The second-order valence-corrected chi connectivity index (χ2v) is 25.5. The third-order valence-corrected chi connectivity index (χ3v) is 17.7. The van der Waals surface area contributed by atoms with E-state index >= 15 is 0 Å². The van der Waals surface area contributed by atoms with Crippen LogP contribution in [-0.4, -0.2) is 98.1 Å². The van der Waals surface area contributed by atoms with E-state index in [0.717, 1.165) is 60.7 Å². The van der Waals surface area contributed by atoms with Crippen LogP contribution in [0.1, 0.15) is 0 Å². The van der Waals surface area contributed by atoms with Crippen LogP contribution in [0.4, 0.5) is 62.6 Å². The summed E-state index contributed by atoms with van der Waals surface area (Å²) in [4.78, 5) is 14.7. The number of phenolic OH excluding ortho intramolecular Hbond substituents is 3. The Labute approximate surface area is 524 Å². The molecule has 0 fully saturated rings. The predicted molar refractivity (Wildman–Crippen MR) is 306 cm³/mol. The van der Waals surface area contributed by atoms with Crippen molar-refractivity contribution < 1.29 is 136 Å². The lowest BCUT2D eigenvalue weighted by Gasteiger charge is -2.15. The van der Waals surface area contributed by atoms with Gasteiger partial charge in [0.2, 0.25) is 0 Å². The highest BCUT2D eigenvalue weighted by molar-refractivity contribution is 7.95. The molecule has 0 heterocycles. The van der Waals surface area contributed by atoms with Crippen LogP contribution in [0.2, 0.25) is 0 Å². The topological polar surface area (TPSA) is 644 Å². The second kappa shape index (κ2) is 28.2. The molecule has 8 aromatic carbocycles. The summed E-state index contributed by atoms with van der Waals surface area (Å²) in [6, 6.07) is 10.9. The van der Waals surface area contributed by atoms with Gasteiger partial charge in [0.15, 0.2) is 17.2 Å². The van der Waals surface area contributed by atoms with Crippen molar-refractivity contribution in [3.05, 3.63) is 105 Å². The van der Waals surface area contributed by atoms with Gasteiger partial charge in [-0.05, 0) is 71.4 Å². The minimum atomic E-state index is -5.50. The molecule has 0 unspecified atom stereocenters. The lowest BCUT2D eigenvalue weighted by Crippen LogP contribution is -2.02. The summed E-state index contributed by atoms with van der Waals surface area (Å²) in [6.45, 7) is 0. The van der Waals surface area contributed by atoms with E-state index in [4.69, 9.17) is 26.8 Å². The average molecular weight is 1440 g/mol. The van der Waals surface area contributed by atoms with Crippen LogP contribution >= 0.6 is 48.2 Å². The third kappa shape index (κ3) is 15.3. The number of nitrogens with zero attached hydrogens (tertiary/aromatic N) is 10. The third-order valence-electron chi connectivity index (χ3n) is 11.7. The van der Waals surface area contributed by atoms with Gasteiger partial charge in [0.05, 0.1) is 88.7 Å². The Morgan fingerprint density at radius 3 is 1.32 bits per heavy atom. The average Bonchev–Trinajstić information content (AvgIpc) is 0.758. The van der Waals surface area contributed by atoms with E-state index in [1.54, 1.807) is 0 Å². The molecule has 0 spiro atoms. The van der Waals surface area contributed by atoms with Gasteiger partial charge in [-0.25, -0.2) is 21.0 Å². The normalized spacial score (nSPS) is 12.7. The number of azo groups is 4. The minimum Gasteiger partial charge on any atom is -0.505 e. The molecule has 0 aliphatic heterocycles. The van der Waals surface area contributed by atoms with E-state index in [1.807, 2.05) is 0 Å². The summed E-state index contributed by atoms with van der Waals surface area (Å²) in [5.74, 6) is -3.40. The van der Waals surface area contributed by atoms with Gasteiger partial charge in [0, 0.05) is 40.4 Å². The fourth-order valence-electron chi connectivity index (χ4n) is 7.87. The Morgan fingerprint density at radius 2 is 0.783 bits per heavy atom. The first-order valence-corrected chi connectivity index (χ1v) is 31.6. The van der Waals surface area contributed by atoms with Crippen molar-refractivity contribution >= 4 is 184 Å². The zero-order chi connectivity index (χ0) is 67.4.